The van der Waals surface area contributed by atoms with E-state index in [2.05, 4.69) is 9.80 Å². The number of carbonyl (C=O) groups is 1. The fraction of sp³-hybridized carbons (Fsp3) is 0.722. The van der Waals surface area contributed by atoms with Crippen molar-refractivity contribution in [1.29, 1.82) is 0 Å². The molecule has 0 atom stereocenters. The van der Waals surface area contributed by atoms with Crippen molar-refractivity contribution in [3.8, 4) is 0 Å². The summed E-state index contributed by atoms with van der Waals surface area (Å²) in [6, 6.07) is 3.72. The van der Waals surface area contributed by atoms with E-state index in [1.165, 1.54) is 19.3 Å². The number of hydrogen-bond donors (Lipinski definition) is 0. The number of rotatable bonds is 6. The van der Waals surface area contributed by atoms with Gasteiger partial charge < -0.3 is 19.0 Å². The number of nitrogens with zero attached hydrogens (tertiary/aromatic N) is 3. The molecule has 0 N–H and O–H groups in total. The summed E-state index contributed by atoms with van der Waals surface area (Å²) in [5.41, 5.74) is 0. The molecule has 2 fully saturated rings. The Morgan fingerprint density at radius 1 is 1.08 bits per heavy atom. The predicted octanol–water partition coefficient (Wildman–Crippen LogP) is 1.67. The second-order valence-corrected chi connectivity index (χ2v) is 6.78. The number of ether oxygens (including phenoxy) is 1. The van der Waals surface area contributed by atoms with Crippen LogP contribution in [0.5, 0.6) is 0 Å². The van der Waals surface area contributed by atoms with E-state index in [4.69, 9.17) is 9.15 Å². The fourth-order valence-corrected chi connectivity index (χ4v) is 3.32. The molecule has 1 amide bonds. The zero-order valence-corrected chi connectivity index (χ0v) is 14.7. The summed E-state index contributed by atoms with van der Waals surface area (Å²) >= 11 is 0. The SMILES string of the molecule is CN(CCN1CCCCC1)C(=O)c1ccc(CN2CCOCC2)o1. The summed E-state index contributed by atoms with van der Waals surface area (Å²) in [5, 5.41) is 0. The average molecular weight is 335 g/mol. The zero-order chi connectivity index (χ0) is 16.8. The Balaban J connectivity index is 1.46. The van der Waals surface area contributed by atoms with Crippen LogP contribution in [0.15, 0.2) is 16.5 Å². The summed E-state index contributed by atoms with van der Waals surface area (Å²) in [7, 11) is 1.86. The number of hydrogen-bond acceptors (Lipinski definition) is 5. The van der Waals surface area contributed by atoms with Crippen molar-refractivity contribution in [3.05, 3.63) is 23.7 Å². The highest BCUT2D eigenvalue weighted by Crippen LogP contribution is 2.14. The standard InChI is InChI=1S/C18H29N3O3/c1-19(9-10-20-7-3-2-4-8-20)18(22)17-6-5-16(24-17)15-21-11-13-23-14-12-21/h5-6H,2-4,7-15H2,1H3. The molecule has 0 radical (unpaired) electrons. The van der Waals surface area contributed by atoms with Gasteiger partial charge in [-0.25, -0.2) is 0 Å². The molecule has 6 heteroatoms. The predicted molar refractivity (Wildman–Crippen MR) is 92.1 cm³/mol. The van der Waals surface area contributed by atoms with E-state index in [1.54, 1.807) is 11.0 Å². The molecule has 24 heavy (non-hydrogen) atoms. The van der Waals surface area contributed by atoms with Crippen LogP contribution in [-0.2, 0) is 11.3 Å². The quantitative estimate of drug-likeness (QED) is 0.791. The van der Waals surface area contributed by atoms with Crippen molar-refractivity contribution in [2.75, 3.05) is 59.5 Å². The third-order valence-corrected chi connectivity index (χ3v) is 4.90. The Labute approximate surface area is 144 Å². The van der Waals surface area contributed by atoms with Crippen molar-refractivity contribution < 1.29 is 13.9 Å². The van der Waals surface area contributed by atoms with E-state index >= 15 is 0 Å². The maximum Gasteiger partial charge on any atom is 0.289 e. The Morgan fingerprint density at radius 3 is 2.58 bits per heavy atom. The number of carbonyl (C=O) groups excluding carboxylic acids is 1. The van der Waals surface area contributed by atoms with Gasteiger partial charge in [-0.05, 0) is 38.1 Å². The largest absolute Gasteiger partial charge is 0.455 e. The van der Waals surface area contributed by atoms with Crippen molar-refractivity contribution >= 4 is 5.91 Å². The lowest BCUT2D eigenvalue weighted by atomic mass is 10.1. The molecule has 0 aliphatic carbocycles. The number of amides is 1. The molecule has 2 aliphatic rings. The van der Waals surface area contributed by atoms with Crippen molar-refractivity contribution in [2.24, 2.45) is 0 Å². The molecule has 0 aromatic carbocycles. The summed E-state index contributed by atoms with van der Waals surface area (Å²) in [6.45, 7) is 8.13. The smallest absolute Gasteiger partial charge is 0.289 e. The minimum Gasteiger partial charge on any atom is -0.455 e. The first-order chi connectivity index (χ1) is 11.7. The molecule has 2 aliphatic heterocycles. The molecule has 0 unspecified atom stereocenters. The highest BCUT2D eigenvalue weighted by atomic mass is 16.5. The Morgan fingerprint density at radius 2 is 1.83 bits per heavy atom. The molecule has 1 aromatic rings. The van der Waals surface area contributed by atoms with Crippen LogP contribution in [0.2, 0.25) is 0 Å². The average Bonchev–Trinajstić information content (AvgIpc) is 3.09. The maximum atomic E-state index is 12.5. The van der Waals surface area contributed by atoms with Gasteiger partial charge in [0, 0.05) is 33.2 Å². The number of likely N-dealkylation sites (N-methyl/N-ethyl adjacent to an activating group) is 1. The van der Waals surface area contributed by atoms with Gasteiger partial charge in [-0.3, -0.25) is 9.69 Å². The molecule has 2 saturated heterocycles. The first-order valence-corrected chi connectivity index (χ1v) is 9.09. The monoisotopic (exact) mass is 335 g/mol. The number of piperidine rings is 1. The summed E-state index contributed by atoms with van der Waals surface area (Å²) in [5.74, 6) is 1.27. The lowest BCUT2D eigenvalue weighted by molar-refractivity contribution is 0.0310. The Hall–Kier alpha value is -1.37. The van der Waals surface area contributed by atoms with Crippen LogP contribution in [0, 0.1) is 0 Å². The zero-order valence-electron chi connectivity index (χ0n) is 14.7. The van der Waals surface area contributed by atoms with E-state index in [9.17, 15) is 4.79 Å². The summed E-state index contributed by atoms with van der Waals surface area (Å²) in [6.07, 6.45) is 3.89. The van der Waals surface area contributed by atoms with Gasteiger partial charge in [0.25, 0.3) is 5.91 Å². The van der Waals surface area contributed by atoms with E-state index in [0.717, 1.165) is 64.8 Å². The normalized spacial score (nSPS) is 20.2. The molecule has 0 spiro atoms. The molecule has 6 nitrogen and oxygen atoms in total. The van der Waals surface area contributed by atoms with Gasteiger partial charge in [-0.15, -0.1) is 0 Å². The van der Waals surface area contributed by atoms with Crippen LogP contribution < -0.4 is 0 Å². The highest BCUT2D eigenvalue weighted by molar-refractivity contribution is 5.91. The van der Waals surface area contributed by atoms with Gasteiger partial charge in [0.2, 0.25) is 0 Å². The van der Waals surface area contributed by atoms with Gasteiger partial charge in [-0.1, -0.05) is 6.42 Å². The van der Waals surface area contributed by atoms with Gasteiger partial charge in [0.15, 0.2) is 5.76 Å². The van der Waals surface area contributed by atoms with Gasteiger partial charge >= 0.3 is 0 Å². The van der Waals surface area contributed by atoms with Crippen LogP contribution in [0.1, 0.15) is 35.6 Å². The van der Waals surface area contributed by atoms with Gasteiger partial charge in [0.05, 0.1) is 19.8 Å². The molecule has 1 aromatic heterocycles. The van der Waals surface area contributed by atoms with Crippen LogP contribution in [-0.4, -0.2) is 80.1 Å². The third kappa shape index (κ3) is 4.82. The Kier molecular flexibility index (Phi) is 6.29. The van der Waals surface area contributed by atoms with Crippen LogP contribution >= 0.6 is 0 Å². The van der Waals surface area contributed by atoms with Crippen LogP contribution in [0.25, 0.3) is 0 Å². The molecule has 0 saturated carbocycles. The van der Waals surface area contributed by atoms with Crippen molar-refractivity contribution in [1.82, 2.24) is 14.7 Å². The van der Waals surface area contributed by atoms with Crippen LogP contribution in [0.4, 0.5) is 0 Å². The Bertz CT molecular complexity index is 519. The lowest BCUT2D eigenvalue weighted by Gasteiger charge is -2.28. The fourth-order valence-electron chi connectivity index (χ4n) is 3.32. The summed E-state index contributed by atoms with van der Waals surface area (Å²) in [4.78, 5) is 19.0. The molecule has 3 rings (SSSR count). The first-order valence-electron chi connectivity index (χ1n) is 9.09. The van der Waals surface area contributed by atoms with Gasteiger partial charge in [0.1, 0.15) is 5.76 Å². The first kappa shape index (κ1) is 17.5. The number of furan rings is 1. The van der Waals surface area contributed by atoms with E-state index in [1.807, 2.05) is 13.1 Å². The molecular formula is C18H29N3O3. The van der Waals surface area contributed by atoms with E-state index in [-0.39, 0.29) is 5.91 Å². The summed E-state index contributed by atoms with van der Waals surface area (Å²) < 4.78 is 11.1. The second-order valence-electron chi connectivity index (χ2n) is 6.78. The van der Waals surface area contributed by atoms with Crippen molar-refractivity contribution in [2.45, 2.75) is 25.8 Å². The number of morpholine rings is 1. The maximum absolute atomic E-state index is 12.5. The van der Waals surface area contributed by atoms with Crippen molar-refractivity contribution in [3.63, 3.8) is 0 Å². The topological polar surface area (TPSA) is 49.2 Å². The molecule has 134 valence electrons. The number of likely N-dealkylation sites (tertiary alicyclic amines) is 1. The van der Waals surface area contributed by atoms with Gasteiger partial charge in [-0.2, -0.15) is 0 Å². The second kappa shape index (κ2) is 8.65. The molecule has 3 heterocycles. The highest BCUT2D eigenvalue weighted by Gasteiger charge is 2.19. The van der Waals surface area contributed by atoms with Crippen LogP contribution in [0.3, 0.4) is 0 Å². The molecule has 0 bridgehead atoms. The lowest BCUT2D eigenvalue weighted by Crippen LogP contribution is -2.38. The minimum atomic E-state index is -0.0276. The van der Waals surface area contributed by atoms with E-state index in [0.29, 0.717) is 5.76 Å². The van der Waals surface area contributed by atoms with E-state index < -0.39 is 0 Å². The minimum absolute atomic E-state index is 0.0276. The third-order valence-electron chi connectivity index (χ3n) is 4.90. The molecular weight excluding hydrogens is 306 g/mol.